The van der Waals surface area contributed by atoms with Crippen LogP contribution in [0.25, 0.3) is 44.4 Å². The lowest BCUT2D eigenvalue weighted by molar-refractivity contribution is 0.590. The monoisotopic (exact) mass is 747 g/mol. The number of aromatic nitrogens is 1. The summed E-state index contributed by atoms with van der Waals surface area (Å²) in [5, 5.41) is 2.40. The Bertz CT molecular complexity index is 2700. The first-order valence-corrected chi connectivity index (χ1v) is 20.0. The molecule has 8 aromatic carbocycles. The van der Waals surface area contributed by atoms with E-state index in [4.69, 9.17) is 4.98 Å². The summed E-state index contributed by atoms with van der Waals surface area (Å²) in [6.45, 7) is 6.92. The van der Waals surface area contributed by atoms with E-state index in [0.717, 1.165) is 67.8 Å². The molecule has 9 aromatic rings. The molecule has 0 fully saturated rings. The van der Waals surface area contributed by atoms with E-state index in [1.165, 1.54) is 16.3 Å². The van der Waals surface area contributed by atoms with Gasteiger partial charge in [0.25, 0.3) is 0 Å². The maximum Gasteiger partial charge on any atom is 0.0730 e. The van der Waals surface area contributed by atoms with Crippen molar-refractivity contribution >= 4 is 44.9 Å². The summed E-state index contributed by atoms with van der Waals surface area (Å²) in [6, 6.07) is 78.1. The molecule has 0 amide bonds. The molecule has 280 valence electrons. The molecule has 0 atom stereocenters. The fourth-order valence-electron chi connectivity index (χ4n) is 7.78. The molecule has 1 aromatic heterocycles. The number of fused-ring (bicyclic) bond motifs is 1. The van der Waals surface area contributed by atoms with Crippen LogP contribution in [0.1, 0.15) is 26.3 Å². The molecule has 0 saturated carbocycles. The van der Waals surface area contributed by atoms with Crippen LogP contribution in [0.3, 0.4) is 0 Å². The Morgan fingerprint density at radius 1 is 0.345 bits per heavy atom. The lowest BCUT2D eigenvalue weighted by Crippen LogP contribution is -2.19. The van der Waals surface area contributed by atoms with Gasteiger partial charge in [0.05, 0.1) is 28.5 Å². The maximum atomic E-state index is 5.31. The third kappa shape index (κ3) is 7.38. The van der Waals surface area contributed by atoms with E-state index in [2.05, 4.69) is 249 Å². The van der Waals surface area contributed by atoms with Crippen molar-refractivity contribution in [3.63, 3.8) is 0 Å². The highest BCUT2D eigenvalue weighted by molar-refractivity contribution is 6.01. The predicted molar refractivity (Wildman–Crippen MR) is 246 cm³/mol. The minimum absolute atomic E-state index is 0.185. The van der Waals surface area contributed by atoms with Gasteiger partial charge in [-0.1, -0.05) is 172 Å². The summed E-state index contributed by atoms with van der Waals surface area (Å²) in [4.78, 5) is 10.2. The van der Waals surface area contributed by atoms with Gasteiger partial charge in [-0.05, 0) is 94.0 Å². The van der Waals surface area contributed by atoms with Crippen molar-refractivity contribution in [3.05, 3.63) is 224 Å². The molecular formula is C55H45N3. The van der Waals surface area contributed by atoms with Gasteiger partial charge in [-0.15, -0.1) is 0 Å². The zero-order valence-corrected chi connectivity index (χ0v) is 33.1. The molecule has 0 aliphatic rings. The quantitative estimate of drug-likeness (QED) is 0.147. The van der Waals surface area contributed by atoms with Crippen LogP contribution in [0, 0.1) is 0 Å². The highest BCUT2D eigenvalue weighted by Gasteiger charge is 2.29. The number of nitrogens with zero attached hydrogens (tertiary/aromatic N) is 3. The SMILES string of the molecule is CC(C)(C)c1cc(N(c2ccccc2)c2ccccc2)c(-c2ccc3ccccc3c2)c(N(c2ccccc2)c2cc(-c3ccccc3)nc(-c3ccccc3)c2)c1. The Labute approximate surface area is 342 Å². The molecule has 0 unspecified atom stereocenters. The Kier molecular flexibility index (Phi) is 9.87. The van der Waals surface area contributed by atoms with E-state index in [1.54, 1.807) is 0 Å². The van der Waals surface area contributed by atoms with Gasteiger partial charge in [-0.2, -0.15) is 0 Å². The van der Waals surface area contributed by atoms with E-state index in [-0.39, 0.29) is 5.41 Å². The highest BCUT2D eigenvalue weighted by Crippen LogP contribution is 2.51. The van der Waals surface area contributed by atoms with Crippen LogP contribution in [0.15, 0.2) is 218 Å². The van der Waals surface area contributed by atoms with Gasteiger partial charge < -0.3 is 9.80 Å². The first-order chi connectivity index (χ1) is 28.4. The third-order valence-electron chi connectivity index (χ3n) is 10.7. The average molecular weight is 748 g/mol. The molecule has 3 heteroatoms. The van der Waals surface area contributed by atoms with Crippen LogP contribution in [-0.2, 0) is 5.41 Å². The van der Waals surface area contributed by atoms with Gasteiger partial charge in [0.2, 0.25) is 0 Å². The van der Waals surface area contributed by atoms with Crippen LogP contribution < -0.4 is 9.80 Å². The van der Waals surface area contributed by atoms with E-state index >= 15 is 0 Å². The molecule has 0 saturated heterocycles. The smallest absolute Gasteiger partial charge is 0.0730 e. The summed E-state index contributed by atoms with van der Waals surface area (Å²) < 4.78 is 0. The Morgan fingerprint density at radius 3 is 1.19 bits per heavy atom. The number of rotatable bonds is 9. The van der Waals surface area contributed by atoms with Crippen LogP contribution in [0.2, 0.25) is 0 Å². The number of benzene rings is 8. The Hall–Kier alpha value is -7.23. The molecule has 0 aliphatic carbocycles. The van der Waals surface area contributed by atoms with E-state index in [1.807, 2.05) is 0 Å². The molecule has 0 bridgehead atoms. The lowest BCUT2D eigenvalue weighted by Gasteiger charge is -2.35. The number of hydrogen-bond acceptors (Lipinski definition) is 3. The highest BCUT2D eigenvalue weighted by atomic mass is 15.2. The summed E-state index contributed by atoms with van der Waals surface area (Å²) in [7, 11) is 0. The van der Waals surface area contributed by atoms with Crippen molar-refractivity contribution in [1.82, 2.24) is 4.98 Å². The molecule has 1 heterocycles. The van der Waals surface area contributed by atoms with E-state index in [9.17, 15) is 0 Å². The van der Waals surface area contributed by atoms with Crippen molar-refractivity contribution in [2.75, 3.05) is 9.80 Å². The second-order valence-electron chi connectivity index (χ2n) is 15.7. The lowest BCUT2D eigenvalue weighted by atomic mass is 9.83. The van der Waals surface area contributed by atoms with E-state index in [0.29, 0.717) is 0 Å². The number of hydrogen-bond donors (Lipinski definition) is 0. The molecular weight excluding hydrogens is 703 g/mol. The van der Waals surface area contributed by atoms with Crippen LogP contribution in [0.4, 0.5) is 34.1 Å². The number of para-hydroxylation sites is 3. The predicted octanol–water partition coefficient (Wildman–Crippen LogP) is 15.5. The minimum Gasteiger partial charge on any atom is -0.310 e. The average Bonchev–Trinajstić information content (AvgIpc) is 3.28. The van der Waals surface area contributed by atoms with Crippen molar-refractivity contribution in [3.8, 4) is 33.6 Å². The molecule has 0 radical (unpaired) electrons. The first-order valence-electron chi connectivity index (χ1n) is 20.0. The van der Waals surface area contributed by atoms with Crippen molar-refractivity contribution in [2.45, 2.75) is 26.2 Å². The Morgan fingerprint density at radius 2 is 0.741 bits per heavy atom. The number of pyridine rings is 1. The van der Waals surface area contributed by atoms with Gasteiger partial charge in [-0.25, -0.2) is 4.98 Å². The van der Waals surface area contributed by atoms with Crippen LogP contribution in [0.5, 0.6) is 0 Å². The summed E-state index contributed by atoms with van der Waals surface area (Å²) >= 11 is 0. The molecule has 9 rings (SSSR count). The van der Waals surface area contributed by atoms with Gasteiger partial charge in [0.1, 0.15) is 0 Å². The van der Waals surface area contributed by atoms with Crippen LogP contribution >= 0.6 is 0 Å². The minimum atomic E-state index is -0.185. The molecule has 58 heavy (non-hydrogen) atoms. The van der Waals surface area contributed by atoms with E-state index < -0.39 is 0 Å². The zero-order chi connectivity index (χ0) is 39.5. The van der Waals surface area contributed by atoms with Gasteiger partial charge in [-0.3, -0.25) is 0 Å². The molecule has 3 nitrogen and oxygen atoms in total. The Balaban J connectivity index is 1.43. The molecule has 0 spiro atoms. The summed E-state index contributed by atoms with van der Waals surface area (Å²) in [5.74, 6) is 0. The fraction of sp³-hybridized carbons (Fsp3) is 0.0727. The second-order valence-corrected chi connectivity index (χ2v) is 15.7. The summed E-state index contributed by atoms with van der Waals surface area (Å²) in [5.41, 5.74) is 13.6. The largest absolute Gasteiger partial charge is 0.310 e. The van der Waals surface area contributed by atoms with Crippen LogP contribution in [-0.4, -0.2) is 4.98 Å². The van der Waals surface area contributed by atoms with Gasteiger partial charge >= 0.3 is 0 Å². The molecule has 0 aliphatic heterocycles. The summed E-state index contributed by atoms with van der Waals surface area (Å²) in [6.07, 6.45) is 0. The topological polar surface area (TPSA) is 19.4 Å². The van der Waals surface area contributed by atoms with Crippen molar-refractivity contribution in [1.29, 1.82) is 0 Å². The number of anilines is 6. The first kappa shape index (κ1) is 36.4. The fourth-order valence-corrected chi connectivity index (χ4v) is 7.78. The maximum absolute atomic E-state index is 5.31. The van der Waals surface area contributed by atoms with Gasteiger partial charge in [0.15, 0.2) is 0 Å². The molecule has 0 N–H and O–H groups in total. The zero-order valence-electron chi connectivity index (χ0n) is 33.1. The van der Waals surface area contributed by atoms with Crippen molar-refractivity contribution < 1.29 is 0 Å². The third-order valence-corrected chi connectivity index (χ3v) is 10.7. The standard InChI is InChI=1S/C55H45N3/c1-55(2,3)45-36-52(57(46-27-13-6-14-28-46)47-29-15-7-16-30-47)54(44-34-33-40-21-19-20-26-43(40)35-44)53(37-45)58(48-31-17-8-18-32-48)49-38-50(41-22-9-4-10-23-41)56-51(39-49)42-24-11-5-12-25-42/h4-39H,1-3H3. The normalized spacial score (nSPS) is 11.4. The van der Waals surface area contributed by atoms with Crippen molar-refractivity contribution in [2.24, 2.45) is 0 Å². The van der Waals surface area contributed by atoms with Gasteiger partial charge in [0, 0.05) is 33.8 Å². The second kappa shape index (κ2) is 15.7.